The third-order valence-electron chi connectivity index (χ3n) is 6.96. The van der Waals surface area contributed by atoms with Crippen molar-refractivity contribution in [2.24, 2.45) is 0 Å². The van der Waals surface area contributed by atoms with E-state index in [9.17, 15) is 13.6 Å². The lowest BCUT2D eigenvalue weighted by Gasteiger charge is -2.40. The molecule has 0 N–H and O–H groups in total. The van der Waals surface area contributed by atoms with Gasteiger partial charge in [-0.1, -0.05) is 48.4 Å². The molecule has 1 saturated heterocycles. The van der Waals surface area contributed by atoms with E-state index >= 15 is 0 Å². The van der Waals surface area contributed by atoms with Crippen molar-refractivity contribution in [3.05, 3.63) is 65.2 Å². The van der Waals surface area contributed by atoms with Crippen LogP contribution in [0.1, 0.15) is 54.9 Å². The van der Waals surface area contributed by atoms with Gasteiger partial charge in [0.25, 0.3) is 5.91 Å². The summed E-state index contributed by atoms with van der Waals surface area (Å²) in [4.78, 5) is 18.2. The fourth-order valence-corrected chi connectivity index (χ4v) is 5.08. The average Bonchev–Trinajstić information content (AvgIpc) is 3.25. The predicted molar refractivity (Wildman–Crippen MR) is 133 cm³/mol. The first-order valence-corrected chi connectivity index (χ1v) is 12.3. The van der Waals surface area contributed by atoms with Crippen LogP contribution in [0.15, 0.2) is 54.1 Å². The lowest BCUT2D eigenvalue weighted by Crippen LogP contribution is -2.49. The molecule has 4 rings (SSSR count). The summed E-state index contributed by atoms with van der Waals surface area (Å²) in [6.45, 7) is 1.27. The van der Waals surface area contributed by atoms with Crippen molar-refractivity contribution in [1.29, 1.82) is 0 Å². The van der Waals surface area contributed by atoms with Gasteiger partial charge in [-0.3, -0.25) is 9.69 Å². The molecule has 1 saturated carbocycles. The molecule has 5 nitrogen and oxygen atoms in total. The summed E-state index contributed by atoms with van der Waals surface area (Å²) < 4.78 is 35.3. The zero-order valence-electron chi connectivity index (χ0n) is 20.5. The van der Waals surface area contributed by atoms with Crippen molar-refractivity contribution >= 4 is 12.0 Å². The molecule has 1 aliphatic carbocycles. The monoisotopic (exact) mass is 484 g/mol. The van der Waals surface area contributed by atoms with E-state index in [2.05, 4.69) is 15.7 Å². The third-order valence-corrected chi connectivity index (χ3v) is 6.96. The van der Waals surface area contributed by atoms with Crippen LogP contribution in [0.5, 0.6) is 11.5 Å². The Labute approximate surface area is 206 Å². The molecule has 0 spiro atoms. The van der Waals surface area contributed by atoms with Crippen LogP contribution in [0, 0.1) is 0 Å². The van der Waals surface area contributed by atoms with Gasteiger partial charge >= 0.3 is 6.61 Å². The van der Waals surface area contributed by atoms with Crippen LogP contribution in [-0.2, 0) is 0 Å². The summed E-state index contributed by atoms with van der Waals surface area (Å²) in [6.07, 6.45) is 8.07. The van der Waals surface area contributed by atoms with Gasteiger partial charge in [-0.15, -0.1) is 0 Å². The normalized spacial score (nSPS) is 19.0. The maximum atomic E-state index is 13.7. The van der Waals surface area contributed by atoms with Crippen molar-refractivity contribution in [1.82, 2.24) is 9.80 Å². The molecule has 1 heterocycles. The second kappa shape index (κ2) is 11.7. The van der Waals surface area contributed by atoms with Crippen LogP contribution in [0.2, 0.25) is 0 Å². The number of carbonyl (C=O) groups excluding carboxylic acids is 1. The standard InChI is InChI=1S/C28H34F2N2O3/c1-20(16-21-8-4-3-5-9-21)18-31(19-24-12-7-15-32(24)23-10-6-11-23)27(33)22-13-14-25(35-28(29)30)26(17-22)34-2/h3-5,8-9,13-14,16-17,23-24,28H,6-7,10-12,15,18-19H2,1-2H3. The number of likely N-dealkylation sites (tertiary alicyclic amines) is 1. The Balaban J connectivity index is 1.57. The molecule has 2 aromatic carbocycles. The summed E-state index contributed by atoms with van der Waals surface area (Å²) in [5.41, 5.74) is 2.55. The lowest BCUT2D eigenvalue weighted by atomic mass is 9.91. The minimum atomic E-state index is -2.97. The van der Waals surface area contributed by atoms with Crippen LogP contribution in [0.3, 0.4) is 0 Å². The zero-order valence-corrected chi connectivity index (χ0v) is 20.5. The van der Waals surface area contributed by atoms with Gasteiger partial charge in [0.2, 0.25) is 0 Å². The van der Waals surface area contributed by atoms with Gasteiger partial charge in [0, 0.05) is 30.7 Å². The largest absolute Gasteiger partial charge is 0.493 e. The first kappa shape index (κ1) is 25.2. The van der Waals surface area contributed by atoms with E-state index in [4.69, 9.17) is 4.74 Å². The van der Waals surface area contributed by atoms with E-state index in [0.717, 1.165) is 30.5 Å². The first-order chi connectivity index (χ1) is 16.9. The Kier molecular flexibility index (Phi) is 8.39. The van der Waals surface area contributed by atoms with E-state index in [-0.39, 0.29) is 17.4 Å². The molecule has 1 amide bonds. The Morgan fingerprint density at radius 3 is 2.54 bits per heavy atom. The quantitative estimate of drug-likeness (QED) is 0.424. The van der Waals surface area contributed by atoms with Gasteiger partial charge in [0.15, 0.2) is 11.5 Å². The minimum Gasteiger partial charge on any atom is -0.493 e. The summed E-state index contributed by atoms with van der Waals surface area (Å²) >= 11 is 0. The molecule has 188 valence electrons. The molecule has 1 aliphatic heterocycles. The van der Waals surface area contributed by atoms with Crippen molar-refractivity contribution in [3.8, 4) is 11.5 Å². The Hall–Kier alpha value is -2.93. The highest BCUT2D eigenvalue weighted by Gasteiger charge is 2.35. The van der Waals surface area contributed by atoms with Crippen molar-refractivity contribution < 1.29 is 23.0 Å². The van der Waals surface area contributed by atoms with Gasteiger partial charge in [0.05, 0.1) is 7.11 Å². The molecule has 2 fully saturated rings. The topological polar surface area (TPSA) is 42.0 Å². The predicted octanol–water partition coefficient (Wildman–Crippen LogP) is 5.86. The highest BCUT2D eigenvalue weighted by molar-refractivity contribution is 5.95. The summed E-state index contributed by atoms with van der Waals surface area (Å²) in [5, 5.41) is 0. The maximum absolute atomic E-state index is 13.7. The number of methoxy groups -OCH3 is 1. The maximum Gasteiger partial charge on any atom is 0.387 e. The lowest BCUT2D eigenvalue weighted by molar-refractivity contribution is -0.0512. The highest BCUT2D eigenvalue weighted by atomic mass is 19.3. The van der Waals surface area contributed by atoms with Crippen LogP contribution in [-0.4, -0.2) is 61.1 Å². The second-order valence-corrected chi connectivity index (χ2v) is 9.45. The van der Waals surface area contributed by atoms with E-state index in [1.807, 2.05) is 42.2 Å². The molecule has 2 aromatic rings. The molecule has 0 radical (unpaired) electrons. The Bertz CT molecular complexity index is 1020. The van der Waals surface area contributed by atoms with E-state index in [0.29, 0.717) is 30.7 Å². The van der Waals surface area contributed by atoms with Gasteiger partial charge in [-0.05, 0) is 62.9 Å². The average molecular weight is 485 g/mol. The second-order valence-electron chi connectivity index (χ2n) is 9.45. The molecule has 35 heavy (non-hydrogen) atoms. The summed E-state index contributed by atoms with van der Waals surface area (Å²) in [6, 6.07) is 15.4. The van der Waals surface area contributed by atoms with Crippen LogP contribution < -0.4 is 9.47 Å². The van der Waals surface area contributed by atoms with E-state index < -0.39 is 6.61 Å². The fourth-order valence-electron chi connectivity index (χ4n) is 5.08. The van der Waals surface area contributed by atoms with Gasteiger partial charge in [0.1, 0.15) is 0 Å². The number of ether oxygens (including phenoxy) is 2. The van der Waals surface area contributed by atoms with Crippen LogP contribution >= 0.6 is 0 Å². The molecular weight excluding hydrogens is 450 g/mol. The molecule has 0 aromatic heterocycles. The SMILES string of the molecule is COc1cc(C(=O)N(CC(C)=Cc2ccccc2)CC2CCCN2C2CCC2)ccc1OC(F)F. The number of hydrogen-bond donors (Lipinski definition) is 0. The molecule has 1 atom stereocenters. The number of benzene rings is 2. The van der Waals surface area contributed by atoms with Gasteiger partial charge < -0.3 is 14.4 Å². The molecule has 7 heteroatoms. The first-order valence-electron chi connectivity index (χ1n) is 12.3. The number of hydrogen-bond acceptors (Lipinski definition) is 4. The van der Waals surface area contributed by atoms with Crippen molar-refractivity contribution in [2.45, 2.75) is 57.7 Å². The van der Waals surface area contributed by atoms with Crippen molar-refractivity contribution in [2.75, 3.05) is 26.7 Å². The Morgan fingerprint density at radius 2 is 1.89 bits per heavy atom. The van der Waals surface area contributed by atoms with Crippen LogP contribution in [0.4, 0.5) is 8.78 Å². The Morgan fingerprint density at radius 1 is 1.11 bits per heavy atom. The van der Waals surface area contributed by atoms with E-state index in [1.165, 1.54) is 44.6 Å². The molecule has 2 aliphatic rings. The number of amides is 1. The third kappa shape index (κ3) is 6.40. The van der Waals surface area contributed by atoms with Crippen LogP contribution in [0.25, 0.3) is 6.08 Å². The number of halogens is 2. The van der Waals surface area contributed by atoms with E-state index in [1.54, 1.807) is 0 Å². The molecular formula is C28H34F2N2O3. The van der Waals surface area contributed by atoms with Gasteiger partial charge in [-0.2, -0.15) is 8.78 Å². The summed E-state index contributed by atoms with van der Waals surface area (Å²) in [7, 11) is 1.38. The molecule has 1 unspecified atom stereocenters. The minimum absolute atomic E-state index is 0.0855. The van der Waals surface area contributed by atoms with Crippen molar-refractivity contribution in [3.63, 3.8) is 0 Å². The highest BCUT2D eigenvalue weighted by Crippen LogP contribution is 2.33. The molecule has 0 bridgehead atoms. The zero-order chi connectivity index (χ0) is 24.8. The smallest absolute Gasteiger partial charge is 0.387 e. The summed E-state index contributed by atoms with van der Waals surface area (Å²) in [5.74, 6) is -0.115. The number of carbonyl (C=O) groups is 1. The van der Waals surface area contributed by atoms with Gasteiger partial charge in [-0.25, -0.2) is 0 Å². The fraction of sp³-hybridized carbons (Fsp3) is 0.464. The number of rotatable bonds is 10. The number of alkyl halides is 2. The number of nitrogens with zero attached hydrogens (tertiary/aromatic N) is 2.